The molecule has 0 spiro atoms. The summed E-state index contributed by atoms with van der Waals surface area (Å²) < 4.78 is 29.1. The summed E-state index contributed by atoms with van der Waals surface area (Å²) in [5.41, 5.74) is -0.183. The van der Waals surface area contributed by atoms with Gasteiger partial charge in [0.1, 0.15) is 17.1 Å². The van der Waals surface area contributed by atoms with E-state index in [9.17, 15) is 14.0 Å². The van der Waals surface area contributed by atoms with Gasteiger partial charge in [-0.1, -0.05) is 0 Å². The van der Waals surface area contributed by atoms with Gasteiger partial charge in [0.2, 0.25) is 0 Å². The summed E-state index contributed by atoms with van der Waals surface area (Å²) in [5, 5.41) is 0. The van der Waals surface area contributed by atoms with Gasteiger partial charge < -0.3 is 13.9 Å². The van der Waals surface area contributed by atoms with E-state index in [1.807, 2.05) is 0 Å². The maximum atomic E-state index is 14.1. The first-order chi connectivity index (χ1) is 9.97. The third-order valence-corrected chi connectivity index (χ3v) is 3.11. The molecule has 0 radical (unpaired) electrons. The molecule has 0 aromatic carbocycles. The molecule has 6 heteroatoms. The maximum Gasteiger partial charge on any atom is 0.341 e. The Morgan fingerprint density at radius 1 is 1.38 bits per heavy atom. The molecule has 1 aliphatic rings. The van der Waals surface area contributed by atoms with Crippen molar-refractivity contribution in [2.45, 2.75) is 26.7 Å². The van der Waals surface area contributed by atoms with Gasteiger partial charge in [0, 0.05) is 5.57 Å². The molecule has 1 unspecified atom stereocenters. The van der Waals surface area contributed by atoms with Crippen LogP contribution in [0.1, 0.15) is 32.4 Å². The van der Waals surface area contributed by atoms with Gasteiger partial charge in [-0.05, 0) is 32.9 Å². The molecule has 0 fully saturated rings. The summed E-state index contributed by atoms with van der Waals surface area (Å²) in [6.45, 7) is 4.48. The lowest BCUT2D eigenvalue weighted by Gasteiger charge is -2.25. The molecule has 0 bridgehead atoms. The number of hydrogen-bond acceptors (Lipinski definition) is 5. The summed E-state index contributed by atoms with van der Waals surface area (Å²) in [6.07, 6.45) is 1.39. The fraction of sp³-hybridized carbons (Fsp3) is 0.333. The number of allylic oxidation sites excluding steroid dienone is 2. The summed E-state index contributed by atoms with van der Waals surface area (Å²) >= 11 is 0. The van der Waals surface area contributed by atoms with E-state index < -0.39 is 17.9 Å². The van der Waals surface area contributed by atoms with Crippen molar-refractivity contribution in [2.24, 2.45) is 0 Å². The molecule has 21 heavy (non-hydrogen) atoms. The number of carbonyl (C=O) groups is 2. The van der Waals surface area contributed by atoms with Crippen molar-refractivity contribution in [1.82, 2.24) is 0 Å². The number of esters is 1. The minimum atomic E-state index is -1.07. The van der Waals surface area contributed by atoms with Gasteiger partial charge in [0.05, 0.1) is 18.8 Å². The Morgan fingerprint density at radius 3 is 2.62 bits per heavy atom. The highest BCUT2D eigenvalue weighted by Crippen LogP contribution is 2.41. The van der Waals surface area contributed by atoms with Crippen molar-refractivity contribution in [3.8, 4) is 0 Å². The predicted octanol–water partition coefficient (Wildman–Crippen LogP) is 3.00. The van der Waals surface area contributed by atoms with Crippen LogP contribution in [0.4, 0.5) is 4.39 Å². The Labute approximate surface area is 121 Å². The van der Waals surface area contributed by atoms with Crippen LogP contribution >= 0.6 is 0 Å². The van der Waals surface area contributed by atoms with Crippen LogP contribution < -0.4 is 0 Å². The minimum absolute atomic E-state index is 0.0819. The Morgan fingerprint density at radius 2 is 2.10 bits per heavy atom. The Hall–Kier alpha value is -2.37. The molecule has 2 heterocycles. The van der Waals surface area contributed by atoms with Crippen LogP contribution in [-0.2, 0) is 19.1 Å². The van der Waals surface area contributed by atoms with E-state index in [1.54, 1.807) is 19.1 Å². The number of rotatable bonds is 4. The summed E-state index contributed by atoms with van der Waals surface area (Å²) in [6, 6.07) is 2.09. The lowest BCUT2D eigenvalue weighted by molar-refractivity contribution is -0.139. The lowest BCUT2D eigenvalue weighted by Crippen LogP contribution is -2.25. The second kappa shape index (κ2) is 5.95. The molecule has 5 nitrogen and oxygen atoms in total. The molecule has 112 valence electrons. The van der Waals surface area contributed by atoms with Gasteiger partial charge in [-0.3, -0.25) is 4.79 Å². The smallest absolute Gasteiger partial charge is 0.341 e. The number of furan rings is 1. The second-order valence-electron chi connectivity index (χ2n) is 4.48. The van der Waals surface area contributed by atoms with E-state index in [1.165, 1.54) is 20.1 Å². The zero-order valence-electron chi connectivity index (χ0n) is 11.9. The molecule has 2 rings (SSSR count). The van der Waals surface area contributed by atoms with Gasteiger partial charge in [-0.25, -0.2) is 4.79 Å². The lowest BCUT2D eigenvalue weighted by atomic mass is 9.85. The Balaban J connectivity index is 2.58. The van der Waals surface area contributed by atoms with Crippen LogP contribution in [0.15, 0.2) is 45.7 Å². The molecule has 1 aliphatic heterocycles. The van der Waals surface area contributed by atoms with Crippen molar-refractivity contribution in [3.05, 3.63) is 47.1 Å². The van der Waals surface area contributed by atoms with E-state index in [0.717, 1.165) is 0 Å². The van der Waals surface area contributed by atoms with E-state index in [2.05, 4.69) is 0 Å². The van der Waals surface area contributed by atoms with Gasteiger partial charge >= 0.3 is 5.97 Å². The standard InChI is InChI=1S/C15H15FO5/c1-4-19-15(18)13-12(10-6-5-7-20-10)11(8(2)17)9(3)21-14(13)16/h5-7,12H,4H2,1-3H3. The molecular formula is C15H15FO5. The number of Topliss-reactive ketones (excluding diaryl/α,β-unsaturated/α-hetero) is 1. The van der Waals surface area contributed by atoms with Gasteiger partial charge in [-0.15, -0.1) is 0 Å². The molecule has 1 aromatic heterocycles. The second-order valence-corrected chi connectivity index (χ2v) is 4.48. The number of carbonyl (C=O) groups excluding carboxylic acids is 2. The molecule has 0 saturated carbocycles. The molecule has 0 N–H and O–H groups in total. The van der Waals surface area contributed by atoms with E-state index >= 15 is 0 Å². The quantitative estimate of drug-likeness (QED) is 0.799. The van der Waals surface area contributed by atoms with Gasteiger partial charge in [-0.2, -0.15) is 4.39 Å². The van der Waals surface area contributed by atoms with E-state index in [0.29, 0.717) is 0 Å². The van der Waals surface area contributed by atoms with Crippen LogP contribution in [0.25, 0.3) is 0 Å². The average molecular weight is 294 g/mol. The van der Waals surface area contributed by atoms with Crippen molar-refractivity contribution < 1.29 is 27.9 Å². The third kappa shape index (κ3) is 2.74. The van der Waals surface area contributed by atoms with Gasteiger partial charge in [0.25, 0.3) is 6.01 Å². The molecule has 1 aromatic rings. The zero-order valence-corrected chi connectivity index (χ0v) is 11.9. The first-order valence-electron chi connectivity index (χ1n) is 6.47. The molecule has 0 amide bonds. The fourth-order valence-electron chi connectivity index (χ4n) is 2.30. The van der Waals surface area contributed by atoms with Crippen LogP contribution in [0.3, 0.4) is 0 Å². The van der Waals surface area contributed by atoms with Crippen molar-refractivity contribution in [1.29, 1.82) is 0 Å². The summed E-state index contributed by atoms with van der Waals surface area (Å²) in [5.74, 6) is -1.79. The summed E-state index contributed by atoms with van der Waals surface area (Å²) in [4.78, 5) is 23.9. The van der Waals surface area contributed by atoms with Gasteiger partial charge in [0.15, 0.2) is 5.78 Å². The highest BCUT2D eigenvalue weighted by Gasteiger charge is 2.40. The number of ketones is 1. The molecule has 0 saturated heterocycles. The third-order valence-electron chi connectivity index (χ3n) is 3.11. The Bertz CT molecular complexity index is 624. The maximum absolute atomic E-state index is 14.1. The first-order valence-corrected chi connectivity index (χ1v) is 6.47. The number of halogens is 1. The molecule has 1 atom stereocenters. The van der Waals surface area contributed by atoms with E-state index in [4.69, 9.17) is 13.9 Å². The predicted molar refractivity (Wildman–Crippen MR) is 70.7 cm³/mol. The van der Waals surface area contributed by atoms with Crippen LogP contribution in [0, 0.1) is 0 Å². The number of hydrogen-bond donors (Lipinski definition) is 0. The molecular weight excluding hydrogens is 279 g/mol. The average Bonchev–Trinajstić information content (AvgIpc) is 2.90. The largest absolute Gasteiger partial charge is 0.468 e. The van der Waals surface area contributed by atoms with Crippen molar-refractivity contribution in [2.75, 3.05) is 6.61 Å². The van der Waals surface area contributed by atoms with Crippen molar-refractivity contribution >= 4 is 11.8 Å². The first kappa shape index (κ1) is 15.0. The fourth-order valence-corrected chi connectivity index (χ4v) is 2.30. The highest BCUT2D eigenvalue weighted by molar-refractivity contribution is 6.01. The minimum Gasteiger partial charge on any atom is -0.468 e. The highest BCUT2D eigenvalue weighted by atomic mass is 19.1. The van der Waals surface area contributed by atoms with Crippen LogP contribution in [-0.4, -0.2) is 18.4 Å². The Kier molecular flexibility index (Phi) is 4.26. The van der Waals surface area contributed by atoms with Crippen LogP contribution in [0.5, 0.6) is 0 Å². The molecule has 0 aliphatic carbocycles. The zero-order chi connectivity index (χ0) is 15.6. The SMILES string of the molecule is CCOC(=O)C1=C(F)OC(C)=C(C(C)=O)C1c1ccco1. The normalized spacial score (nSPS) is 18.6. The van der Waals surface area contributed by atoms with E-state index in [-0.39, 0.29) is 35.1 Å². The monoisotopic (exact) mass is 294 g/mol. The topological polar surface area (TPSA) is 65.7 Å². The summed E-state index contributed by atoms with van der Waals surface area (Å²) in [7, 11) is 0. The van der Waals surface area contributed by atoms with Crippen molar-refractivity contribution in [3.63, 3.8) is 0 Å². The number of ether oxygens (including phenoxy) is 2. The van der Waals surface area contributed by atoms with Crippen LogP contribution in [0.2, 0.25) is 0 Å².